The van der Waals surface area contributed by atoms with Crippen LogP contribution in [0.5, 0.6) is 0 Å². The number of likely N-dealkylation sites (tertiary alicyclic amines) is 1. The van der Waals surface area contributed by atoms with Crippen molar-refractivity contribution in [1.29, 1.82) is 0 Å². The number of amides is 1. The molecule has 1 heterocycles. The summed E-state index contributed by atoms with van der Waals surface area (Å²) in [5.74, 6) is -0.385. The van der Waals surface area contributed by atoms with Crippen LogP contribution in [0.3, 0.4) is 0 Å². The molecular weight excluding hydrogens is 590 g/mol. The monoisotopic (exact) mass is 639 g/mol. The molecule has 0 radical (unpaired) electrons. The highest BCUT2D eigenvalue weighted by atomic mass is 32.2. The van der Waals surface area contributed by atoms with Crippen LogP contribution in [0, 0.1) is 12.5 Å². The van der Waals surface area contributed by atoms with E-state index in [9.17, 15) is 18.0 Å². The molecule has 1 saturated heterocycles. The highest BCUT2D eigenvalue weighted by Crippen LogP contribution is 2.29. The number of piperidine rings is 1. The van der Waals surface area contributed by atoms with Crippen LogP contribution >= 0.6 is 0 Å². The van der Waals surface area contributed by atoms with Gasteiger partial charge in [0.15, 0.2) is 5.69 Å². The van der Waals surface area contributed by atoms with Gasteiger partial charge in [-0.15, -0.1) is 0 Å². The number of esters is 1. The van der Waals surface area contributed by atoms with Gasteiger partial charge >= 0.3 is 12.1 Å². The van der Waals surface area contributed by atoms with Crippen molar-refractivity contribution in [3.05, 3.63) is 65.0 Å². The zero-order valence-corrected chi connectivity index (χ0v) is 28.3. The third-order valence-corrected chi connectivity index (χ3v) is 9.83. The summed E-state index contributed by atoms with van der Waals surface area (Å²) >= 11 is 0. The Labute approximate surface area is 269 Å². The molecule has 2 aromatic rings. The molecule has 2 aromatic carbocycles. The number of ether oxygens (including phenoxy) is 2. The number of nitrogens with zero attached hydrogens (tertiary/aromatic N) is 3. The quantitative estimate of drug-likeness (QED) is 0.119. The standard InChI is InChI=1S/C35H49N3O6S/c1-7-8-9-10-11-12-20-45(41,42)38(25-27-16-18-37(19-17-27)34(40)44-35(2,3)4)26-28-21-30(23-31(22-28)33(39)43-6)29-14-13-15-32(24-29)36-5/h13-15,21-24,27H,7-12,16-20,25-26H2,1-4,6H3. The van der Waals surface area contributed by atoms with Gasteiger partial charge in [-0.2, -0.15) is 4.31 Å². The van der Waals surface area contributed by atoms with E-state index in [0.29, 0.717) is 61.3 Å². The lowest BCUT2D eigenvalue weighted by Gasteiger charge is -2.35. The third kappa shape index (κ3) is 11.5. The maximum absolute atomic E-state index is 13.9. The fraction of sp³-hybridized carbons (Fsp3) is 0.571. The molecular formula is C35H49N3O6S. The number of carbonyl (C=O) groups is 2. The second kappa shape index (κ2) is 16.8. The van der Waals surface area contributed by atoms with Crippen molar-refractivity contribution < 1.29 is 27.5 Å². The van der Waals surface area contributed by atoms with Gasteiger partial charge in [-0.1, -0.05) is 57.2 Å². The van der Waals surface area contributed by atoms with E-state index < -0.39 is 21.6 Å². The molecule has 3 rings (SSSR count). The highest BCUT2D eigenvalue weighted by molar-refractivity contribution is 7.89. The minimum Gasteiger partial charge on any atom is -0.465 e. The molecule has 0 bridgehead atoms. The first-order valence-electron chi connectivity index (χ1n) is 16.0. The molecule has 0 aromatic heterocycles. The molecule has 0 spiro atoms. The van der Waals surface area contributed by atoms with Gasteiger partial charge in [0.05, 0.1) is 25.0 Å². The van der Waals surface area contributed by atoms with Crippen molar-refractivity contribution in [2.45, 2.75) is 91.2 Å². The summed E-state index contributed by atoms with van der Waals surface area (Å²) in [5.41, 5.74) is 2.34. The molecule has 0 unspecified atom stereocenters. The number of methoxy groups -OCH3 is 1. The zero-order chi connectivity index (χ0) is 33.0. The van der Waals surface area contributed by atoms with E-state index in [1.807, 2.05) is 32.9 Å². The average molecular weight is 640 g/mol. The van der Waals surface area contributed by atoms with Crippen LogP contribution in [0.4, 0.5) is 10.5 Å². The maximum atomic E-state index is 13.9. The Morgan fingerprint density at radius 3 is 2.33 bits per heavy atom. The lowest BCUT2D eigenvalue weighted by molar-refractivity contribution is 0.0177. The summed E-state index contributed by atoms with van der Waals surface area (Å²) in [6.45, 7) is 16.5. The molecule has 0 saturated carbocycles. The Morgan fingerprint density at radius 1 is 1.00 bits per heavy atom. The van der Waals surface area contributed by atoms with E-state index in [1.54, 1.807) is 39.5 Å². The number of rotatable bonds is 14. The van der Waals surface area contributed by atoms with Crippen molar-refractivity contribution in [3.63, 3.8) is 0 Å². The summed E-state index contributed by atoms with van der Waals surface area (Å²) in [6.07, 6.45) is 6.85. The van der Waals surface area contributed by atoms with Gasteiger partial charge in [-0.25, -0.2) is 22.9 Å². The Bertz CT molecular complexity index is 1440. The minimum absolute atomic E-state index is 0.0620. The molecule has 9 nitrogen and oxygen atoms in total. The van der Waals surface area contributed by atoms with Crippen LogP contribution in [-0.4, -0.2) is 67.8 Å². The third-order valence-electron chi connectivity index (χ3n) is 7.96. The molecule has 45 heavy (non-hydrogen) atoms. The zero-order valence-electron chi connectivity index (χ0n) is 27.5. The Kier molecular flexibility index (Phi) is 13.4. The van der Waals surface area contributed by atoms with Gasteiger partial charge in [0.25, 0.3) is 0 Å². The van der Waals surface area contributed by atoms with E-state index >= 15 is 0 Å². The predicted molar refractivity (Wildman–Crippen MR) is 178 cm³/mol. The number of carbonyl (C=O) groups excluding carboxylic acids is 2. The molecule has 1 aliphatic heterocycles. The summed E-state index contributed by atoms with van der Waals surface area (Å²) in [7, 11) is -2.31. The van der Waals surface area contributed by atoms with Crippen LogP contribution < -0.4 is 0 Å². The first-order valence-corrected chi connectivity index (χ1v) is 17.6. The summed E-state index contributed by atoms with van der Waals surface area (Å²) in [6, 6.07) is 12.4. The van der Waals surface area contributed by atoms with Crippen LogP contribution in [0.15, 0.2) is 42.5 Å². The summed E-state index contributed by atoms with van der Waals surface area (Å²) < 4.78 is 39.8. The fourth-order valence-electron chi connectivity index (χ4n) is 5.53. The van der Waals surface area contributed by atoms with Crippen molar-refractivity contribution in [1.82, 2.24) is 9.21 Å². The molecule has 0 aliphatic carbocycles. The Balaban J connectivity index is 1.86. The van der Waals surface area contributed by atoms with Crippen LogP contribution in [0.2, 0.25) is 0 Å². The second-order valence-corrected chi connectivity index (χ2v) is 14.9. The first-order chi connectivity index (χ1) is 21.3. The van der Waals surface area contributed by atoms with E-state index in [4.69, 9.17) is 16.0 Å². The van der Waals surface area contributed by atoms with E-state index in [0.717, 1.165) is 37.7 Å². The lowest BCUT2D eigenvalue weighted by Crippen LogP contribution is -2.44. The molecule has 1 aliphatic rings. The van der Waals surface area contributed by atoms with Crippen molar-refractivity contribution >= 4 is 27.8 Å². The summed E-state index contributed by atoms with van der Waals surface area (Å²) in [4.78, 5) is 30.5. The highest BCUT2D eigenvalue weighted by Gasteiger charge is 2.31. The Morgan fingerprint density at radius 2 is 1.69 bits per heavy atom. The van der Waals surface area contributed by atoms with Gasteiger partial charge in [0.2, 0.25) is 10.0 Å². The van der Waals surface area contributed by atoms with Gasteiger partial charge in [-0.3, -0.25) is 0 Å². The Hall–Kier alpha value is -3.42. The average Bonchev–Trinajstić information content (AvgIpc) is 3.01. The van der Waals surface area contributed by atoms with Crippen molar-refractivity contribution in [2.75, 3.05) is 32.5 Å². The van der Waals surface area contributed by atoms with Gasteiger partial charge < -0.3 is 14.4 Å². The van der Waals surface area contributed by atoms with Gasteiger partial charge in [-0.05, 0) is 86.9 Å². The fourth-order valence-corrected chi connectivity index (χ4v) is 7.14. The molecule has 10 heteroatoms. The predicted octanol–water partition coefficient (Wildman–Crippen LogP) is 7.83. The van der Waals surface area contributed by atoms with Gasteiger partial charge in [0, 0.05) is 26.2 Å². The molecule has 0 N–H and O–H groups in total. The number of hydrogen-bond acceptors (Lipinski definition) is 6. The van der Waals surface area contributed by atoms with E-state index in [-0.39, 0.29) is 24.3 Å². The van der Waals surface area contributed by atoms with Gasteiger partial charge in [0.1, 0.15) is 5.60 Å². The molecule has 1 fully saturated rings. The normalized spacial score (nSPS) is 14.3. The topological polar surface area (TPSA) is 97.6 Å². The lowest BCUT2D eigenvalue weighted by atomic mass is 9.96. The maximum Gasteiger partial charge on any atom is 0.410 e. The van der Waals surface area contributed by atoms with E-state index in [1.165, 1.54) is 7.11 Å². The van der Waals surface area contributed by atoms with E-state index in [2.05, 4.69) is 11.8 Å². The largest absolute Gasteiger partial charge is 0.465 e. The minimum atomic E-state index is -3.62. The smallest absolute Gasteiger partial charge is 0.410 e. The van der Waals surface area contributed by atoms with Crippen molar-refractivity contribution in [3.8, 4) is 11.1 Å². The SMILES string of the molecule is [C-]#[N+]c1cccc(-c2cc(CN(CC3CCN(C(=O)OC(C)(C)C)CC3)S(=O)(=O)CCCCCCCC)cc(C(=O)OC)c2)c1. The number of hydrogen-bond donors (Lipinski definition) is 0. The molecule has 1 amide bonds. The first kappa shape index (κ1) is 36.1. The molecule has 0 atom stereocenters. The second-order valence-electron chi connectivity index (χ2n) is 12.9. The molecule has 246 valence electrons. The van der Waals surface area contributed by atoms with Crippen LogP contribution in [-0.2, 0) is 26.0 Å². The number of sulfonamides is 1. The van der Waals surface area contributed by atoms with Crippen LogP contribution in [0.25, 0.3) is 16.0 Å². The number of unbranched alkanes of at least 4 members (excludes halogenated alkanes) is 5. The van der Waals surface area contributed by atoms with Crippen LogP contribution in [0.1, 0.15) is 95.0 Å². The number of benzene rings is 2. The summed E-state index contributed by atoms with van der Waals surface area (Å²) in [5, 5.41) is 0. The van der Waals surface area contributed by atoms with Crippen molar-refractivity contribution in [2.24, 2.45) is 5.92 Å².